The topological polar surface area (TPSA) is 57.3 Å². The van der Waals surface area contributed by atoms with Crippen LogP contribution in [-0.4, -0.2) is 45.3 Å². The zero-order valence-electron chi connectivity index (χ0n) is 9.97. The van der Waals surface area contributed by atoms with Gasteiger partial charge in [0.25, 0.3) is 0 Å². The highest BCUT2D eigenvalue weighted by Crippen LogP contribution is 2.30. The molecule has 5 nitrogen and oxygen atoms in total. The Morgan fingerprint density at radius 2 is 2.29 bits per heavy atom. The smallest absolute Gasteiger partial charge is 0.333 e. The van der Waals surface area contributed by atoms with Crippen molar-refractivity contribution < 1.29 is 23.7 Å². The lowest BCUT2D eigenvalue weighted by atomic mass is 10.1. The highest BCUT2D eigenvalue weighted by molar-refractivity contribution is 5.87. The molecule has 3 atom stereocenters. The Hall–Kier alpha value is -1.35. The number of carbonyl (C=O) groups excluding carboxylic acids is 1. The minimum absolute atomic E-state index is 0.107. The Morgan fingerprint density at radius 1 is 1.59 bits per heavy atom. The summed E-state index contributed by atoms with van der Waals surface area (Å²) in [4.78, 5) is 11.2. The van der Waals surface area contributed by atoms with Gasteiger partial charge in [-0.15, -0.1) is 6.42 Å². The van der Waals surface area contributed by atoms with Gasteiger partial charge >= 0.3 is 5.97 Å². The molecule has 0 saturated carbocycles. The van der Waals surface area contributed by atoms with E-state index >= 15 is 0 Å². The van der Waals surface area contributed by atoms with Crippen LogP contribution in [0.25, 0.3) is 0 Å². The maximum Gasteiger partial charge on any atom is 0.333 e. The molecule has 0 unspecified atom stereocenters. The Morgan fingerprint density at radius 3 is 2.76 bits per heavy atom. The van der Waals surface area contributed by atoms with Crippen molar-refractivity contribution in [1.82, 2.24) is 0 Å². The largest absolute Gasteiger partial charge is 0.466 e. The van der Waals surface area contributed by atoms with Gasteiger partial charge in [-0.3, -0.25) is 0 Å². The molecule has 0 aromatic rings. The second kappa shape index (κ2) is 6.40. The van der Waals surface area contributed by atoms with Crippen molar-refractivity contribution in [3.05, 3.63) is 12.2 Å². The molecule has 1 aliphatic rings. The van der Waals surface area contributed by atoms with Gasteiger partial charge < -0.3 is 18.9 Å². The molecule has 0 aliphatic carbocycles. The Bertz CT molecular complexity index is 330. The van der Waals surface area contributed by atoms with Gasteiger partial charge in [0.15, 0.2) is 0 Å². The first kappa shape index (κ1) is 13.7. The fraction of sp³-hybridized carbons (Fsp3) is 0.583. The molecule has 1 aliphatic heterocycles. The van der Waals surface area contributed by atoms with Crippen LogP contribution in [0.5, 0.6) is 0 Å². The number of methoxy groups -OCH3 is 2. The zero-order valence-corrected chi connectivity index (χ0v) is 9.97. The van der Waals surface area contributed by atoms with Gasteiger partial charge in [-0.1, -0.05) is 12.5 Å². The normalized spacial score (nSPS) is 23.6. The molecule has 0 radical (unpaired) electrons. The standard InChI is InChI=1S/C12H16O5/c1-5-9-11(17-9)10(16-7-14-3)6-8(2)12(13)15-4/h1,9-11H,2,6-7H2,3-4H3/t9-,10-,11-/m1/s1. The lowest BCUT2D eigenvalue weighted by molar-refractivity contribution is -0.137. The van der Waals surface area contributed by atoms with Crippen molar-refractivity contribution >= 4 is 5.97 Å². The molecule has 0 amide bonds. The van der Waals surface area contributed by atoms with Gasteiger partial charge in [-0.25, -0.2) is 4.79 Å². The molecule has 17 heavy (non-hydrogen) atoms. The van der Waals surface area contributed by atoms with Crippen LogP contribution >= 0.6 is 0 Å². The predicted octanol–water partition coefficient (Wildman–Crippen LogP) is 0.495. The van der Waals surface area contributed by atoms with Crippen LogP contribution in [0.4, 0.5) is 0 Å². The lowest BCUT2D eigenvalue weighted by Gasteiger charge is -2.15. The third-order valence-corrected chi connectivity index (χ3v) is 2.38. The molecule has 1 rings (SSSR count). The summed E-state index contributed by atoms with van der Waals surface area (Å²) in [6.45, 7) is 3.74. The Labute approximate surface area is 101 Å². The van der Waals surface area contributed by atoms with E-state index in [1.165, 1.54) is 14.2 Å². The molecule has 0 spiro atoms. The van der Waals surface area contributed by atoms with Crippen molar-refractivity contribution in [1.29, 1.82) is 0 Å². The number of terminal acetylenes is 1. The highest BCUT2D eigenvalue weighted by atomic mass is 16.7. The van der Waals surface area contributed by atoms with Crippen molar-refractivity contribution in [2.45, 2.75) is 24.7 Å². The molecule has 0 aromatic carbocycles. The molecular formula is C12H16O5. The molecule has 0 N–H and O–H groups in total. The SMILES string of the molecule is C#C[C@H]1O[C@H]1[C@@H](CC(=C)C(=O)OC)OCOC. The van der Waals surface area contributed by atoms with E-state index < -0.39 is 5.97 Å². The summed E-state index contributed by atoms with van der Waals surface area (Å²) in [5.41, 5.74) is 0.319. The predicted molar refractivity (Wildman–Crippen MR) is 60.0 cm³/mol. The minimum Gasteiger partial charge on any atom is -0.466 e. The third kappa shape index (κ3) is 3.86. The molecule has 0 bridgehead atoms. The van der Waals surface area contributed by atoms with Gasteiger partial charge in [0, 0.05) is 19.1 Å². The van der Waals surface area contributed by atoms with Gasteiger partial charge in [-0.05, 0) is 0 Å². The summed E-state index contributed by atoms with van der Waals surface area (Å²) in [5.74, 6) is 2.01. The number of ether oxygens (including phenoxy) is 4. The quantitative estimate of drug-likeness (QED) is 0.213. The van der Waals surface area contributed by atoms with Gasteiger partial charge in [0.05, 0.1) is 13.2 Å². The van der Waals surface area contributed by atoms with E-state index in [2.05, 4.69) is 17.2 Å². The number of hydrogen-bond acceptors (Lipinski definition) is 5. The van der Waals surface area contributed by atoms with E-state index in [0.29, 0.717) is 12.0 Å². The third-order valence-electron chi connectivity index (χ3n) is 2.38. The number of esters is 1. The van der Waals surface area contributed by atoms with Crippen LogP contribution in [-0.2, 0) is 23.7 Å². The van der Waals surface area contributed by atoms with E-state index in [4.69, 9.17) is 20.6 Å². The zero-order chi connectivity index (χ0) is 12.8. The second-order valence-corrected chi connectivity index (χ2v) is 3.60. The fourth-order valence-corrected chi connectivity index (χ4v) is 1.44. The molecule has 94 valence electrons. The first-order valence-electron chi connectivity index (χ1n) is 5.12. The maximum atomic E-state index is 11.2. The van der Waals surface area contributed by atoms with Gasteiger partial charge in [-0.2, -0.15) is 0 Å². The summed E-state index contributed by atoms with van der Waals surface area (Å²) in [7, 11) is 2.81. The number of epoxide rings is 1. The molecule has 0 aromatic heterocycles. The molecule has 1 saturated heterocycles. The van der Waals surface area contributed by atoms with E-state index in [9.17, 15) is 4.79 Å². The summed E-state index contributed by atoms with van der Waals surface area (Å²) < 4.78 is 20.0. The Kier molecular flexibility index (Phi) is 5.16. The summed E-state index contributed by atoms with van der Waals surface area (Å²) in [6.07, 6.45) is 4.72. The van der Waals surface area contributed by atoms with E-state index in [1.54, 1.807) is 0 Å². The van der Waals surface area contributed by atoms with Gasteiger partial charge in [0.2, 0.25) is 0 Å². The summed E-state index contributed by atoms with van der Waals surface area (Å²) in [5, 5.41) is 0. The Balaban J connectivity index is 2.50. The first-order chi connectivity index (χ1) is 8.13. The van der Waals surface area contributed by atoms with E-state index in [0.717, 1.165) is 0 Å². The number of hydrogen-bond donors (Lipinski definition) is 0. The molecule has 5 heteroatoms. The van der Waals surface area contributed by atoms with Crippen molar-refractivity contribution in [2.75, 3.05) is 21.0 Å². The first-order valence-corrected chi connectivity index (χ1v) is 5.12. The average molecular weight is 240 g/mol. The minimum atomic E-state index is -0.464. The lowest BCUT2D eigenvalue weighted by Crippen LogP contribution is -2.25. The van der Waals surface area contributed by atoms with E-state index in [1.807, 2.05) is 0 Å². The second-order valence-electron chi connectivity index (χ2n) is 3.60. The van der Waals surface area contributed by atoms with Crippen LogP contribution in [0, 0.1) is 12.3 Å². The fourth-order valence-electron chi connectivity index (χ4n) is 1.44. The van der Waals surface area contributed by atoms with Crippen LogP contribution < -0.4 is 0 Å². The van der Waals surface area contributed by atoms with Crippen LogP contribution in [0.3, 0.4) is 0 Å². The number of rotatable bonds is 7. The van der Waals surface area contributed by atoms with Crippen molar-refractivity contribution in [3.8, 4) is 12.3 Å². The van der Waals surface area contributed by atoms with Crippen molar-refractivity contribution in [2.24, 2.45) is 0 Å². The highest BCUT2D eigenvalue weighted by Gasteiger charge is 2.45. The average Bonchev–Trinajstić information content (AvgIpc) is 3.12. The molecule has 1 fully saturated rings. The van der Waals surface area contributed by atoms with Crippen LogP contribution in [0.15, 0.2) is 12.2 Å². The maximum absolute atomic E-state index is 11.2. The van der Waals surface area contributed by atoms with Gasteiger partial charge in [0.1, 0.15) is 19.0 Å². The van der Waals surface area contributed by atoms with Crippen molar-refractivity contribution in [3.63, 3.8) is 0 Å². The van der Waals surface area contributed by atoms with Crippen LogP contribution in [0.1, 0.15) is 6.42 Å². The molecular weight excluding hydrogens is 224 g/mol. The summed E-state index contributed by atoms with van der Waals surface area (Å²) >= 11 is 0. The molecule has 1 heterocycles. The van der Waals surface area contributed by atoms with E-state index in [-0.39, 0.29) is 25.1 Å². The summed E-state index contributed by atoms with van der Waals surface area (Å²) in [6, 6.07) is 0. The number of carbonyl (C=O) groups is 1. The van der Waals surface area contributed by atoms with Crippen LogP contribution in [0.2, 0.25) is 0 Å². The monoisotopic (exact) mass is 240 g/mol.